The number of hydrogen-bond acceptors (Lipinski definition) is 4. The van der Waals surface area contributed by atoms with Crippen LogP contribution in [-0.4, -0.2) is 41.6 Å². The van der Waals surface area contributed by atoms with E-state index in [2.05, 4.69) is 4.98 Å². The molecule has 0 bridgehead atoms. The monoisotopic (exact) mass is 312 g/mol. The van der Waals surface area contributed by atoms with Crippen molar-refractivity contribution in [2.45, 2.75) is 18.9 Å². The maximum absolute atomic E-state index is 12.2. The minimum absolute atomic E-state index is 0.0219. The number of para-hydroxylation sites is 1. The standard InChI is InChI=1S/C18H20N2O3/c21-18(14-22-15-5-2-1-3-6-15)20-11-8-16(9-12-20)23-17-7-4-10-19-13-17/h1-7,10,13,16H,8-9,11-12,14H2. The van der Waals surface area contributed by atoms with Crippen molar-refractivity contribution in [2.24, 2.45) is 0 Å². The molecule has 0 aliphatic carbocycles. The van der Waals surface area contributed by atoms with Crippen molar-refractivity contribution >= 4 is 5.91 Å². The van der Waals surface area contributed by atoms with Crippen molar-refractivity contribution in [3.05, 3.63) is 54.9 Å². The van der Waals surface area contributed by atoms with Gasteiger partial charge in [-0.1, -0.05) is 18.2 Å². The largest absolute Gasteiger partial charge is 0.489 e. The van der Waals surface area contributed by atoms with Crippen LogP contribution >= 0.6 is 0 Å². The molecule has 1 aromatic heterocycles. The molecule has 0 spiro atoms. The van der Waals surface area contributed by atoms with E-state index in [1.54, 1.807) is 12.4 Å². The highest BCUT2D eigenvalue weighted by Crippen LogP contribution is 2.18. The molecular formula is C18H20N2O3. The normalized spacial score (nSPS) is 15.2. The second-order valence-electron chi connectivity index (χ2n) is 5.49. The van der Waals surface area contributed by atoms with Gasteiger partial charge in [0, 0.05) is 32.1 Å². The van der Waals surface area contributed by atoms with Gasteiger partial charge in [0.1, 0.15) is 17.6 Å². The minimum atomic E-state index is 0.0219. The summed E-state index contributed by atoms with van der Waals surface area (Å²) in [6.45, 7) is 1.47. The third kappa shape index (κ3) is 4.45. The number of amides is 1. The van der Waals surface area contributed by atoms with Gasteiger partial charge in [0.05, 0.1) is 6.20 Å². The average molecular weight is 312 g/mol. The van der Waals surface area contributed by atoms with Crippen LogP contribution in [0.4, 0.5) is 0 Å². The first-order chi connectivity index (χ1) is 11.3. The number of benzene rings is 1. The molecule has 5 nitrogen and oxygen atoms in total. The molecule has 1 amide bonds. The van der Waals surface area contributed by atoms with Crippen molar-refractivity contribution in [1.82, 2.24) is 9.88 Å². The van der Waals surface area contributed by atoms with E-state index in [9.17, 15) is 4.79 Å². The lowest BCUT2D eigenvalue weighted by Crippen LogP contribution is -2.43. The van der Waals surface area contributed by atoms with Crippen LogP contribution in [0.25, 0.3) is 0 Å². The molecule has 0 N–H and O–H groups in total. The summed E-state index contributed by atoms with van der Waals surface area (Å²) in [6, 6.07) is 13.2. The molecule has 120 valence electrons. The Balaban J connectivity index is 1.42. The molecule has 1 saturated heterocycles. The zero-order chi connectivity index (χ0) is 15.9. The molecule has 0 saturated carbocycles. The summed E-state index contributed by atoms with van der Waals surface area (Å²) in [5.74, 6) is 1.52. The first-order valence-corrected chi connectivity index (χ1v) is 7.83. The SMILES string of the molecule is O=C(COc1ccccc1)N1CCC(Oc2cccnc2)CC1. The predicted octanol–water partition coefficient (Wildman–Crippen LogP) is 2.53. The number of ether oxygens (including phenoxy) is 2. The lowest BCUT2D eigenvalue weighted by molar-refractivity contribution is -0.135. The lowest BCUT2D eigenvalue weighted by Gasteiger charge is -2.32. The quantitative estimate of drug-likeness (QED) is 0.851. The first-order valence-electron chi connectivity index (χ1n) is 7.83. The molecule has 1 aliphatic heterocycles. The van der Waals surface area contributed by atoms with Gasteiger partial charge in [-0.15, -0.1) is 0 Å². The number of carbonyl (C=O) groups is 1. The van der Waals surface area contributed by atoms with Gasteiger partial charge in [0.25, 0.3) is 5.91 Å². The minimum Gasteiger partial charge on any atom is -0.489 e. The number of piperidine rings is 1. The highest BCUT2D eigenvalue weighted by Gasteiger charge is 2.24. The maximum Gasteiger partial charge on any atom is 0.260 e. The Morgan fingerprint density at radius 1 is 1.09 bits per heavy atom. The number of pyridine rings is 1. The molecule has 0 atom stereocenters. The highest BCUT2D eigenvalue weighted by atomic mass is 16.5. The van der Waals surface area contributed by atoms with E-state index in [-0.39, 0.29) is 18.6 Å². The second-order valence-corrected chi connectivity index (χ2v) is 5.49. The molecule has 5 heteroatoms. The summed E-state index contributed by atoms with van der Waals surface area (Å²) in [5.41, 5.74) is 0. The summed E-state index contributed by atoms with van der Waals surface area (Å²) in [4.78, 5) is 18.1. The first kappa shape index (κ1) is 15.3. The molecule has 0 unspecified atom stereocenters. The van der Waals surface area contributed by atoms with Gasteiger partial charge >= 0.3 is 0 Å². The van der Waals surface area contributed by atoms with Crippen LogP contribution in [0.3, 0.4) is 0 Å². The Bertz CT molecular complexity index is 611. The zero-order valence-electron chi connectivity index (χ0n) is 12.9. The third-order valence-corrected chi connectivity index (χ3v) is 3.84. The lowest BCUT2D eigenvalue weighted by atomic mass is 10.1. The van der Waals surface area contributed by atoms with E-state index in [1.807, 2.05) is 47.4 Å². The van der Waals surface area contributed by atoms with Crippen molar-refractivity contribution in [1.29, 1.82) is 0 Å². The second kappa shape index (κ2) is 7.63. The molecule has 2 heterocycles. The fourth-order valence-electron chi connectivity index (χ4n) is 2.59. The van der Waals surface area contributed by atoms with Crippen LogP contribution in [0.1, 0.15) is 12.8 Å². The van der Waals surface area contributed by atoms with E-state index in [4.69, 9.17) is 9.47 Å². The van der Waals surface area contributed by atoms with Gasteiger partial charge in [0.2, 0.25) is 0 Å². The number of carbonyl (C=O) groups excluding carboxylic acids is 1. The van der Waals surface area contributed by atoms with E-state index in [0.717, 1.165) is 24.3 Å². The molecule has 2 aromatic rings. The summed E-state index contributed by atoms with van der Waals surface area (Å²) in [7, 11) is 0. The summed E-state index contributed by atoms with van der Waals surface area (Å²) < 4.78 is 11.4. The predicted molar refractivity (Wildman–Crippen MR) is 86.4 cm³/mol. The van der Waals surface area contributed by atoms with E-state index in [1.165, 1.54) is 0 Å². The molecular weight excluding hydrogens is 292 g/mol. The maximum atomic E-state index is 12.2. The number of aromatic nitrogens is 1. The third-order valence-electron chi connectivity index (χ3n) is 3.84. The number of nitrogens with zero attached hydrogens (tertiary/aromatic N) is 2. The molecule has 3 rings (SSSR count). The number of rotatable bonds is 5. The van der Waals surface area contributed by atoms with Gasteiger partial charge in [0.15, 0.2) is 6.61 Å². The fourth-order valence-corrected chi connectivity index (χ4v) is 2.59. The number of hydrogen-bond donors (Lipinski definition) is 0. The van der Waals surface area contributed by atoms with Crippen molar-refractivity contribution in [3.63, 3.8) is 0 Å². The average Bonchev–Trinajstić information content (AvgIpc) is 2.62. The molecule has 0 radical (unpaired) electrons. The highest BCUT2D eigenvalue weighted by molar-refractivity contribution is 5.77. The van der Waals surface area contributed by atoms with Crippen molar-refractivity contribution in [3.8, 4) is 11.5 Å². The molecule has 1 aromatic carbocycles. The Hall–Kier alpha value is -2.56. The van der Waals surface area contributed by atoms with Crippen LogP contribution in [-0.2, 0) is 4.79 Å². The topological polar surface area (TPSA) is 51.7 Å². The summed E-state index contributed by atoms with van der Waals surface area (Å²) >= 11 is 0. The Kier molecular flexibility index (Phi) is 5.09. The van der Waals surface area contributed by atoms with Crippen LogP contribution in [0, 0.1) is 0 Å². The van der Waals surface area contributed by atoms with Crippen molar-refractivity contribution < 1.29 is 14.3 Å². The van der Waals surface area contributed by atoms with E-state index >= 15 is 0 Å². The number of likely N-dealkylation sites (tertiary alicyclic amines) is 1. The zero-order valence-corrected chi connectivity index (χ0v) is 12.9. The van der Waals surface area contributed by atoms with Gasteiger partial charge in [-0.3, -0.25) is 9.78 Å². The summed E-state index contributed by atoms with van der Waals surface area (Å²) in [5, 5.41) is 0. The van der Waals surface area contributed by atoms with Crippen LogP contribution in [0.5, 0.6) is 11.5 Å². The van der Waals surface area contributed by atoms with Crippen LogP contribution in [0.2, 0.25) is 0 Å². The van der Waals surface area contributed by atoms with Gasteiger partial charge in [-0.05, 0) is 24.3 Å². The van der Waals surface area contributed by atoms with Crippen LogP contribution in [0.15, 0.2) is 54.9 Å². The van der Waals surface area contributed by atoms with Gasteiger partial charge in [-0.2, -0.15) is 0 Å². The van der Waals surface area contributed by atoms with Gasteiger partial charge in [-0.25, -0.2) is 0 Å². The van der Waals surface area contributed by atoms with E-state index in [0.29, 0.717) is 13.1 Å². The Morgan fingerprint density at radius 3 is 2.52 bits per heavy atom. The van der Waals surface area contributed by atoms with Crippen LogP contribution < -0.4 is 9.47 Å². The molecule has 1 fully saturated rings. The summed E-state index contributed by atoms with van der Waals surface area (Å²) in [6.07, 6.45) is 5.22. The van der Waals surface area contributed by atoms with Crippen molar-refractivity contribution in [2.75, 3.05) is 19.7 Å². The Labute approximate surface area is 135 Å². The fraction of sp³-hybridized carbons (Fsp3) is 0.333. The molecule has 1 aliphatic rings. The van der Waals surface area contributed by atoms with Gasteiger partial charge < -0.3 is 14.4 Å². The Morgan fingerprint density at radius 2 is 1.83 bits per heavy atom. The molecule has 23 heavy (non-hydrogen) atoms. The van der Waals surface area contributed by atoms with E-state index < -0.39 is 0 Å². The smallest absolute Gasteiger partial charge is 0.260 e.